The van der Waals surface area contributed by atoms with Crippen LogP contribution < -0.4 is 5.84 Å². The smallest absolute Gasteiger partial charge is 0.358 e. The Morgan fingerprint density at radius 2 is 2.54 bits per heavy atom. The molecule has 1 heterocycles. The predicted octanol–water partition coefficient (Wildman–Crippen LogP) is 0.250. The maximum Gasteiger partial charge on any atom is 0.358 e. The summed E-state index contributed by atoms with van der Waals surface area (Å²) >= 11 is 0. The quantitative estimate of drug-likeness (QED) is 0.521. The van der Waals surface area contributed by atoms with Gasteiger partial charge in [-0.3, -0.25) is 4.68 Å². The highest BCUT2D eigenvalue weighted by Crippen LogP contribution is 2.08. The molecule has 0 amide bonds. The monoisotopic (exact) mass is 179 g/mol. The van der Waals surface area contributed by atoms with Gasteiger partial charge in [-0.1, -0.05) is 0 Å². The van der Waals surface area contributed by atoms with Crippen molar-refractivity contribution in [3.05, 3.63) is 23.5 Å². The molecule has 5 heteroatoms. The van der Waals surface area contributed by atoms with Crippen molar-refractivity contribution < 1.29 is 9.53 Å². The molecule has 0 unspecified atom stereocenters. The average molecular weight is 179 g/mol. The van der Waals surface area contributed by atoms with Crippen molar-refractivity contribution >= 4 is 5.97 Å². The third kappa shape index (κ3) is 1.62. The van der Waals surface area contributed by atoms with Crippen LogP contribution in [0.3, 0.4) is 0 Å². The molecule has 0 aliphatic rings. The highest BCUT2D eigenvalue weighted by Gasteiger charge is 2.16. The fourth-order valence-electron chi connectivity index (χ4n) is 0.952. The van der Waals surface area contributed by atoms with Crippen LogP contribution in [-0.2, 0) is 4.74 Å². The lowest BCUT2D eigenvalue weighted by Gasteiger charge is -2.02. The van der Waals surface area contributed by atoms with Crippen LogP contribution in [0.1, 0.15) is 23.0 Å². The number of hydrogen-bond acceptors (Lipinski definition) is 4. The van der Waals surface area contributed by atoms with Crippen molar-refractivity contribution in [2.24, 2.45) is 0 Å². The first-order chi connectivity index (χ1) is 6.20. The van der Waals surface area contributed by atoms with Crippen LogP contribution in [0.2, 0.25) is 0 Å². The van der Waals surface area contributed by atoms with Crippen molar-refractivity contribution in [3.63, 3.8) is 0 Å². The van der Waals surface area contributed by atoms with Gasteiger partial charge in [0.15, 0.2) is 5.69 Å². The highest BCUT2D eigenvalue weighted by molar-refractivity contribution is 5.90. The van der Waals surface area contributed by atoms with Gasteiger partial charge in [0.25, 0.3) is 0 Å². The molecule has 13 heavy (non-hydrogen) atoms. The molecule has 1 rings (SSSR count). The molecule has 0 saturated heterocycles. The lowest BCUT2D eigenvalue weighted by atomic mass is 10.3. The minimum atomic E-state index is -0.577. The predicted molar refractivity (Wildman–Crippen MR) is 45.3 cm³/mol. The second-order valence-electron chi connectivity index (χ2n) is 2.32. The zero-order chi connectivity index (χ0) is 9.84. The number of aromatic nitrogens is 1. The summed E-state index contributed by atoms with van der Waals surface area (Å²) in [6.07, 6.45) is 1.44. The minimum absolute atomic E-state index is 0.0874. The van der Waals surface area contributed by atoms with Gasteiger partial charge < -0.3 is 10.6 Å². The number of rotatable bonds is 2. The Bertz CT molecular complexity index is 362. The number of carbonyl (C=O) groups is 1. The van der Waals surface area contributed by atoms with Gasteiger partial charge >= 0.3 is 5.97 Å². The zero-order valence-electron chi connectivity index (χ0n) is 7.15. The molecule has 0 fully saturated rings. The second-order valence-corrected chi connectivity index (χ2v) is 2.32. The van der Waals surface area contributed by atoms with Gasteiger partial charge in [0.2, 0.25) is 0 Å². The first-order valence-electron chi connectivity index (χ1n) is 3.74. The van der Waals surface area contributed by atoms with Crippen LogP contribution in [0, 0.1) is 11.3 Å². The number of nitrogens with two attached hydrogens (primary N) is 1. The molecule has 2 N–H and O–H groups in total. The number of carbonyl (C=O) groups excluding carboxylic acids is 1. The van der Waals surface area contributed by atoms with E-state index in [1.54, 1.807) is 6.92 Å². The molecule has 0 spiro atoms. The lowest BCUT2D eigenvalue weighted by Crippen LogP contribution is -2.18. The standard InChI is InChI=1S/C8H9N3O2/c1-2-13-8(12)7-6(5-9)3-4-11(7)10/h3-4H,2,10H2,1H3. The third-order valence-corrected chi connectivity index (χ3v) is 1.50. The Labute approximate surface area is 75.3 Å². The first-order valence-corrected chi connectivity index (χ1v) is 3.74. The average Bonchev–Trinajstić information content (AvgIpc) is 2.47. The topological polar surface area (TPSA) is 81.0 Å². The van der Waals surface area contributed by atoms with E-state index >= 15 is 0 Å². The highest BCUT2D eigenvalue weighted by atomic mass is 16.5. The number of esters is 1. The SMILES string of the molecule is CCOC(=O)c1c(C#N)ccn1N. The van der Waals surface area contributed by atoms with Gasteiger partial charge in [-0.2, -0.15) is 5.26 Å². The largest absolute Gasteiger partial charge is 0.461 e. The van der Waals surface area contributed by atoms with Gasteiger partial charge in [-0.15, -0.1) is 0 Å². The molecule has 0 bridgehead atoms. The normalized spacial score (nSPS) is 9.23. The van der Waals surface area contributed by atoms with E-state index in [9.17, 15) is 4.79 Å². The fourth-order valence-corrected chi connectivity index (χ4v) is 0.952. The van der Waals surface area contributed by atoms with Gasteiger partial charge in [-0.05, 0) is 13.0 Å². The van der Waals surface area contributed by atoms with E-state index in [4.69, 9.17) is 15.8 Å². The van der Waals surface area contributed by atoms with E-state index in [1.807, 2.05) is 6.07 Å². The summed E-state index contributed by atoms with van der Waals surface area (Å²) in [4.78, 5) is 11.2. The van der Waals surface area contributed by atoms with Crippen LogP contribution in [-0.4, -0.2) is 17.3 Å². The van der Waals surface area contributed by atoms with E-state index in [1.165, 1.54) is 12.3 Å². The van der Waals surface area contributed by atoms with Crippen LogP contribution in [0.5, 0.6) is 0 Å². The molecular formula is C8H9N3O2. The van der Waals surface area contributed by atoms with E-state index in [0.29, 0.717) is 0 Å². The molecule has 68 valence electrons. The van der Waals surface area contributed by atoms with Gasteiger partial charge in [0.1, 0.15) is 6.07 Å². The first kappa shape index (κ1) is 9.13. The summed E-state index contributed by atoms with van der Waals surface area (Å²) in [5.74, 6) is 4.84. The molecule has 0 atom stereocenters. The van der Waals surface area contributed by atoms with Crippen LogP contribution in [0.4, 0.5) is 0 Å². The lowest BCUT2D eigenvalue weighted by molar-refractivity contribution is 0.0516. The summed E-state index contributed by atoms with van der Waals surface area (Å²) < 4.78 is 5.80. The molecule has 5 nitrogen and oxygen atoms in total. The molecule has 0 aromatic carbocycles. The van der Waals surface area contributed by atoms with Gasteiger partial charge in [0, 0.05) is 6.20 Å². The van der Waals surface area contributed by atoms with Gasteiger partial charge in [0.05, 0.1) is 12.2 Å². The van der Waals surface area contributed by atoms with E-state index in [-0.39, 0.29) is 17.9 Å². The summed E-state index contributed by atoms with van der Waals surface area (Å²) in [6, 6.07) is 3.32. The summed E-state index contributed by atoms with van der Waals surface area (Å²) in [5.41, 5.74) is 0.310. The number of nitrogen functional groups attached to an aromatic ring is 1. The number of nitrogens with zero attached hydrogens (tertiary/aromatic N) is 2. The Morgan fingerprint density at radius 3 is 3.08 bits per heavy atom. The molecule has 0 radical (unpaired) electrons. The van der Waals surface area contributed by atoms with Gasteiger partial charge in [-0.25, -0.2) is 4.79 Å². The van der Waals surface area contributed by atoms with E-state index in [0.717, 1.165) is 4.68 Å². The van der Waals surface area contributed by atoms with Crippen molar-refractivity contribution in [2.75, 3.05) is 12.4 Å². The van der Waals surface area contributed by atoms with Crippen LogP contribution in [0.25, 0.3) is 0 Å². The number of nitriles is 1. The number of hydrogen-bond donors (Lipinski definition) is 1. The molecular weight excluding hydrogens is 170 g/mol. The summed E-state index contributed by atoms with van der Waals surface area (Å²) in [6.45, 7) is 1.95. The molecule has 0 aliphatic carbocycles. The molecule has 0 aliphatic heterocycles. The Balaban J connectivity index is 3.05. The maximum atomic E-state index is 11.2. The third-order valence-electron chi connectivity index (χ3n) is 1.50. The summed E-state index contributed by atoms with van der Waals surface area (Å²) in [7, 11) is 0. The number of ether oxygens (including phenoxy) is 1. The van der Waals surface area contributed by atoms with Crippen molar-refractivity contribution in [3.8, 4) is 6.07 Å². The molecule has 1 aromatic rings. The Hall–Kier alpha value is -1.96. The second kappa shape index (κ2) is 3.63. The summed E-state index contributed by atoms with van der Waals surface area (Å²) in [5, 5.41) is 8.62. The van der Waals surface area contributed by atoms with Crippen LogP contribution >= 0.6 is 0 Å². The Kier molecular flexibility index (Phi) is 2.55. The maximum absolute atomic E-state index is 11.2. The molecule has 0 saturated carbocycles. The van der Waals surface area contributed by atoms with E-state index < -0.39 is 5.97 Å². The van der Waals surface area contributed by atoms with E-state index in [2.05, 4.69) is 0 Å². The van der Waals surface area contributed by atoms with Crippen molar-refractivity contribution in [2.45, 2.75) is 6.92 Å². The fraction of sp³-hybridized carbons (Fsp3) is 0.250. The molecule has 1 aromatic heterocycles. The Morgan fingerprint density at radius 1 is 1.85 bits per heavy atom. The van der Waals surface area contributed by atoms with Crippen molar-refractivity contribution in [1.29, 1.82) is 5.26 Å². The zero-order valence-corrected chi connectivity index (χ0v) is 7.15. The van der Waals surface area contributed by atoms with Crippen LogP contribution in [0.15, 0.2) is 12.3 Å². The minimum Gasteiger partial charge on any atom is -0.461 e. The van der Waals surface area contributed by atoms with Crippen molar-refractivity contribution in [1.82, 2.24) is 4.68 Å².